The average Bonchev–Trinajstić information content (AvgIpc) is 2.57. The first kappa shape index (κ1) is 18.3. The standard InChI is InChI=1S/C17H20N2O6/c1-2-18(10-14(22)23)16(24)15-13(21)7-8-19(17(15)25)9-11-3-5-12(20)6-4-11/h3-6,20-21H,2,7-10H2,1H3,(H,22,23). The van der Waals surface area contributed by atoms with Gasteiger partial charge in [0.2, 0.25) is 0 Å². The van der Waals surface area contributed by atoms with E-state index in [1.54, 1.807) is 19.1 Å². The van der Waals surface area contributed by atoms with E-state index in [9.17, 15) is 24.6 Å². The topological polar surface area (TPSA) is 118 Å². The number of rotatable bonds is 6. The van der Waals surface area contributed by atoms with Crippen LogP contribution in [-0.2, 0) is 20.9 Å². The molecular formula is C17H20N2O6. The van der Waals surface area contributed by atoms with E-state index in [-0.39, 0.29) is 43.1 Å². The maximum absolute atomic E-state index is 12.6. The van der Waals surface area contributed by atoms with Crippen LogP contribution in [0.25, 0.3) is 0 Å². The predicted octanol–water partition coefficient (Wildman–Crippen LogP) is 0.870. The van der Waals surface area contributed by atoms with Crippen molar-refractivity contribution in [3.63, 3.8) is 0 Å². The van der Waals surface area contributed by atoms with Crippen molar-refractivity contribution in [3.8, 4) is 5.75 Å². The Balaban J connectivity index is 2.19. The summed E-state index contributed by atoms with van der Waals surface area (Å²) in [6.45, 7) is 1.62. The minimum atomic E-state index is -1.19. The molecule has 8 nitrogen and oxygen atoms in total. The number of carbonyl (C=O) groups excluding carboxylic acids is 2. The zero-order valence-corrected chi connectivity index (χ0v) is 13.8. The van der Waals surface area contributed by atoms with Crippen LogP contribution in [0.4, 0.5) is 0 Å². The fourth-order valence-electron chi connectivity index (χ4n) is 2.59. The molecule has 8 heteroatoms. The average molecular weight is 348 g/mol. The van der Waals surface area contributed by atoms with Crippen LogP contribution in [0.1, 0.15) is 18.9 Å². The monoisotopic (exact) mass is 348 g/mol. The van der Waals surface area contributed by atoms with Crippen molar-refractivity contribution >= 4 is 17.8 Å². The highest BCUT2D eigenvalue weighted by molar-refractivity contribution is 6.19. The third-order valence-electron chi connectivity index (χ3n) is 3.93. The number of nitrogens with zero attached hydrogens (tertiary/aromatic N) is 2. The van der Waals surface area contributed by atoms with Crippen molar-refractivity contribution in [2.24, 2.45) is 0 Å². The quantitative estimate of drug-likeness (QED) is 0.657. The van der Waals surface area contributed by atoms with E-state index in [4.69, 9.17) is 5.11 Å². The van der Waals surface area contributed by atoms with Crippen LogP contribution >= 0.6 is 0 Å². The van der Waals surface area contributed by atoms with E-state index < -0.39 is 24.3 Å². The van der Waals surface area contributed by atoms with Gasteiger partial charge in [0.05, 0.1) is 0 Å². The number of aliphatic hydroxyl groups excluding tert-OH is 1. The molecule has 0 bridgehead atoms. The van der Waals surface area contributed by atoms with Crippen molar-refractivity contribution < 1.29 is 29.7 Å². The summed E-state index contributed by atoms with van der Waals surface area (Å²) in [7, 11) is 0. The maximum Gasteiger partial charge on any atom is 0.323 e. The molecule has 134 valence electrons. The lowest BCUT2D eigenvalue weighted by atomic mass is 10.0. The Morgan fingerprint density at radius 3 is 2.40 bits per heavy atom. The van der Waals surface area contributed by atoms with E-state index in [1.165, 1.54) is 17.0 Å². The Morgan fingerprint density at radius 2 is 1.84 bits per heavy atom. The third kappa shape index (κ3) is 4.28. The summed E-state index contributed by atoms with van der Waals surface area (Å²) >= 11 is 0. The highest BCUT2D eigenvalue weighted by atomic mass is 16.4. The first-order valence-electron chi connectivity index (χ1n) is 7.83. The number of phenolic OH excluding ortho intramolecular Hbond substituents is 1. The maximum atomic E-state index is 12.6. The molecule has 1 heterocycles. The normalized spacial score (nSPS) is 14.6. The van der Waals surface area contributed by atoms with Crippen LogP contribution in [0, 0.1) is 0 Å². The molecular weight excluding hydrogens is 328 g/mol. The molecule has 0 aliphatic carbocycles. The molecule has 1 aliphatic rings. The Bertz CT molecular complexity index is 710. The second-order valence-corrected chi connectivity index (χ2v) is 5.68. The van der Waals surface area contributed by atoms with Gasteiger partial charge in [0.25, 0.3) is 11.8 Å². The van der Waals surface area contributed by atoms with E-state index in [0.29, 0.717) is 0 Å². The SMILES string of the molecule is CCN(CC(=O)O)C(=O)C1=C(O)CCN(Cc2ccc(O)cc2)C1=O. The fraction of sp³-hybridized carbons (Fsp3) is 0.353. The molecule has 0 saturated carbocycles. The molecule has 2 amide bonds. The van der Waals surface area contributed by atoms with Crippen molar-refractivity contribution in [3.05, 3.63) is 41.2 Å². The van der Waals surface area contributed by atoms with Gasteiger partial charge in [0.15, 0.2) is 0 Å². The predicted molar refractivity (Wildman–Crippen MR) is 87.7 cm³/mol. The first-order valence-corrected chi connectivity index (χ1v) is 7.83. The molecule has 0 atom stereocenters. The molecule has 25 heavy (non-hydrogen) atoms. The molecule has 0 unspecified atom stereocenters. The lowest BCUT2D eigenvalue weighted by Gasteiger charge is -2.30. The van der Waals surface area contributed by atoms with Crippen LogP contribution in [0.5, 0.6) is 5.75 Å². The van der Waals surface area contributed by atoms with Gasteiger partial charge in [-0.25, -0.2) is 0 Å². The van der Waals surface area contributed by atoms with Crippen LogP contribution < -0.4 is 0 Å². The van der Waals surface area contributed by atoms with Crippen LogP contribution in [0.15, 0.2) is 35.6 Å². The van der Waals surface area contributed by atoms with E-state index >= 15 is 0 Å². The van der Waals surface area contributed by atoms with Gasteiger partial charge in [-0.05, 0) is 24.6 Å². The number of carbonyl (C=O) groups is 3. The molecule has 0 spiro atoms. The molecule has 1 aromatic rings. The van der Waals surface area contributed by atoms with Gasteiger partial charge in [0.1, 0.15) is 23.6 Å². The number of hydrogen-bond acceptors (Lipinski definition) is 5. The number of benzene rings is 1. The van der Waals surface area contributed by atoms with Crippen molar-refractivity contribution in [1.82, 2.24) is 9.80 Å². The summed E-state index contributed by atoms with van der Waals surface area (Å²) in [4.78, 5) is 38.4. The van der Waals surface area contributed by atoms with Crippen molar-refractivity contribution in [2.75, 3.05) is 19.6 Å². The minimum absolute atomic E-state index is 0.104. The summed E-state index contributed by atoms with van der Waals surface area (Å²) in [6.07, 6.45) is 0.121. The second-order valence-electron chi connectivity index (χ2n) is 5.68. The Hall–Kier alpha value is -3.03. The van der Waals surface area contributed by atoms with Crippen molar-refractivity contribution in [1.29, 1.82) is 0 Å². The van der Waals surface area contributed by atoms with E-state index in [2.05, 4.69) is 0 Å². The molecule has 0 aromatic heterocycles. The lowest BCUT2D eigenvalue weighted by molar-refractivity contribution is -0.144. The minimum Gasteiger partial charge on any atom is -0.511 e. The number of carboxylic acid groups (broad SMARTS) is 1. The Morgan fingerprint density at radius 1 is 1.20 bits per heavy atom. The summed E-state index contributed by atoms with van der Waals surface area (Å²) < 4.78 is 0. The van der Waals surface area contributed by atoms with Crippen LogP contribution in [-0.4, -0.2) is 62.5 Å². The third-order valence-corrected chi connectivity index (χ3v) is 3.93. The number of phenols is 1. The number of carboxylic acids is 1. The molecule has 3 N–H and O–H groups in total. The Kier molecular flexibility index (Phi) is 5.63. The van der Waals surface area contributed by atoms with Gasteiger partial charge in [-0.2, -0.15) is 0 Å². The molecule has 0 fully saturated rings. The summed E-state index contributed by atoms with van der Waals surface area (Å²) in [5.41, 5.74) is 0.380. The number of aliphatic carboxylic acids is 1. The molecule has 0 saturated heterocycles. The van der Waals surface area contributed by atoms with Gasteiger partial charge in [-0.15, -0.1) is 0 Å². The smallest absolute Gasteiger partial charge is 0.323 e. The lowest BCUT2D eigenvalue weighted by Crippen LogP contribution is -2.45. The highest BCUT2D eigenvalue weighted by Crippen LogP contribution is 2.22. The summed E-state index contributed by atoms with van der Waals surface area (Å²) in [5, 5.41) is 28.2. The van der Waals surface area contributed by atoms with Gasteiger partial charge < -0.3 is 25.1 Å². The van der Waals surface area contributed by atoms with Crippen LogP contribution in [0.3, 0.4) is 0 Å². The van der Waals surface area contributed by atoms with E-state index in [1.807, 2.05) is 0 Å². The number of aromatic hydroxyl groups is 1. The molecule has 0 radical (unpaired) electrons. The molecule has 1 aliphatic heterocycles. The number of aliphatic hydroxyl groups is 1. The first-order chi connectivity index (χ1) is 11.8. The van der Waals surface area contributed by atoms with Gasteiger partial charge in [-0.1, -0.05) is 12.1 Å². The Labute approximate surface area is 144 Å². The summed E-state index contributed by atoms with van der Waals surface area (Å²) in [5.74, 6) is -2.83. The number of likely N-dealkylation sites (N-methyl/N-ethyl adjacent to an activating group) is 1. The van der Waals surface area contributed by atoms with Gasteiger partial charge in [0, 0.05) is 26.1 Å². The zero-order valence-electron chi connectivity index (χ0n) is 13.8. The fourth-order valence-corrected chi connectivity index (χ4v) is 2.59. The van der Waals surface area contributed by atoms with Gasteiger partial charge in [-0.3, -0.25) is 14.4 Å². The largest absolute Gasteiger partial charge is 0.511 e. The molecule has 2 rings (SSSR count). The second kappa shape index (κ2) is 7.69. The zero-order chi connectivity index (χ0) is 18.6. The van der Waals surface area contributed by atoms with Gasteiger partial charge >= 0.3 is 5.97 Å². The number of amides is 2. The molecule has 1 aromatic carbocycles. The summed E-state index contributed by atoms with van der Waals surface area (Å²) in [6, 6.07) is 6.31. The van der Waals surface area contributed by atoms with E-state index in [0.717, 1.165) is 10.5 Å². The van der Waals surface area contributed by atoms with Crippen LogP contribution in [0.2, 0.25) is 0 Å². The van der Waals surface area contributed by atoms with Crippen molar-refractivity contribution in [2.45, 2.75) is 19.9 Å². The highest BCUT2D eigenvalue weighted by Gasteiger charge is 2.34. The number of hydrogen-bond donors (Lipinski definition) is 3.